The Morgan fingerprint density at radius 3 is 2.48 bits per heavy atom. The van der Waals surface area contributed by atoms with Crippen molar-refractivity contribution in [3.63, 3.8) is 0 Å². The fraction of sp³-hybridized carbons (Fsp3) is 0.429. The average Bonchev–Trinajstić information content (AvgIpc) is 2.44. The molecule has 0 aliphatic heterocycles. The molecule has 1 aromatic rings. The molecule has 0 aromatic heterocycles. The van der Waals surface area contributed by atoms with Crippen LogP contribution in [0.15, 0.2) is 24.3 Å². The minimum Gasteiger partial charge on any atom is -0.465 e. The summed E-state index contributed by atoms with van der Waals surface area (Å²) < 4.78 is 4.79. The monoisotopic (exact) mass is 335 g/mol. The van der Waals surface area contributed by atoms with Gasteiger partial charge < -0.3 is 15.2 Å². The molecule has 21 heavy (non-hydrogen) atoms. The van der Waals surface area contributed by atoms with E-state index in [-0.39, 0.29) is 44.4 Å². The van der Waals surface area contributed by atoms with Gasteiger partial charge in [-0.3, -0.25) is 9.59 Å². The molecule has 2 N–H and O–H groups in total. The number of aliphatic hydroxyl groups excluding tert-OH is 1. The summed E-state index contributed by atoms with van der Waals surface area (Å²) in [5.41, 5.74) is 0.563. The minimum absolute atomic E-state index is 0. The van der Waals surface area contributed by atoms with Crippen molar-refractivity contribution in [1.29, 1.82) is 0 Å². The molecule has 0 fully saturated rings. The van der Waals surface area contributed by atoms with Crippen LogP contribution in [0.3, 0.4) is 0 Å². The highest BCUT2D eigenvalue weighted by molar-refractivity contribution is 6.30. The van der Waals surface area contributed by atoms with Crippen LogP contribution in [0.4, 0.5) is 0 Å². The van der Waals surface area contributed by atoms with Crippen LogP contribution in [-0.4, -0.2) is 42.7 Å². The molecule has 0 aliphatic rings. The number of aliphatic hydroxyl groups is 1. The van der Waals surface area contributed by atoms with Crippen LogP contribution in [0.2, 0.25) is 5.02 Å². The molecule has 0 radical (unpaired) electrons. The predicted octanol–water partition coefficient (Wildman–Crippen LogP) is 1.85. The van der Waals surface area contributed by atoms with Crippen molar-refractivity contribution in [2.24, 2.45) is 0 Å². The minimum atomic E-state index is -0.798. The van der Waals surface area contributed by atoms with Gasteiger partial charge in [-0.05, 0) is 31.2 Å². The lowest BCUT2D eigenvalue weighted by molar-refractivity contribution is -0.146. The van der Waals surface area contributed by atoms with E-state index in [1.165, 1.54) is 0 Å². The maximum absolute atomic E-state index is 11.9. The number of Topliss-reactive ketones (excluding diaryl/α,β-unsaturated/α-hetero) is 1. The number of carbonyl (C=O) groups excluding carboxylic acids is 2. The van der Waals surface area contributed by atoms with Gasteiger partial charge in [-0.15, -0.1) is 12.4 Å². The van der Waals surface area contributed by atoms with Crippen LogP contribution in [0.5, 0.6) is 0 Å². The molecule has 0 saturated heterocycles. The number of rotatable bonds is 8. The summed E-state index contributed by atoms with van der Waals surface area (Å²) in [4.78, 5) is 23.3. The van der Waals surface area contributed by atoms with E-state index >= 15 is 0 Å². The average molecular weight is 336 g/mol. The Balaban J connectivity index is 0.00000400. The molecule has 1 rings (SSSR count). The zero-order valence-electron chi connectivity index (χ0n) is 11.7. The van der Waals surface area contributed by atoms with Crippen LogP contribution < -0.4 is 5.32 Å². The van der Waals surface area contributed by atoms with E-state index in [9.17, 15) is 9.59 Å². The third-order valence-electron chi connectivity index (χ3n) is 2.66. The van der Waals surface area contributed by atoms with Gasteiger partial charge in [0.2, 0.25) is 0 Å². The molecule has 1 atom stereocenters. The highest BCUT2D eigenvalue weighted by Crippen LogP contribution is 2.10. The molecule has 0 bridgehead atoms. The molecule has 0 aliphatic carbocycles. The standard InChI is InChI=1S/C14H18ClNO4.ClH/c1-2-20-14(19)12(9-17)16-8-7-13(18)10-3-5-11(15)6-4-10;/h3-6,12,16-17H,2,7-9H2,1H3;1H. The summed E-state index contributed by atoms with van der Waals surface area (Å²) in [6.45, 7) is 1.86. The quantitative estimate of drug-likeness (QED) is 0.560. The smallest absolute Gasteiger partial charge is 0.325 e. The first kappa shape index (κ1) is 19.9. The van der Waals surface area contributed by atoms with E-state index < -0.39 is 12.0 Å². The van der Waals surface area contributed by atoms with Crippen LogP contribution in [0.25, 0.3) is 0 Å². The molecule has 0 amide bonds. The Kier molecular flexibility index (Phi) is 9.99. The second-order valence-electron chi connectivity index (χ2n) is 4.12. The fourth-order valence-electron chi connectivity index (χ4n) is 1.61. The molecule has 0 heterocycles. The fourth-order valence-corrected chi connectivity index (χ4v) is 1.73. The number of hydrogen-bond donors (Lipinski definition) is 2. The largest absolute Gasteiger partial charge is 0.465 e. The summed E-state index contributed by atoms with van der Waals surface area (Å²) in [5.74, 6) is -0.580. The molecule has 0 saturated carbocycles. The molecule has 118 valence electrons. The van der Waals surface area contributed by atoms with Crippen molar-refractivity contribution in [2.45, 2.75) is 19.4 Å². The van der Waals surface area contributed by atoms with Crippen molar-refractivity contribution in [1.82, 2.24) is 5.32 Å². The maximum atomic E-state index is 11.9. The van der Waals surface area contributed by atoms with E-state index in [4.69, 9.17) is 21.4 Å². The SMILES string of the molecule is CCOC(=O)C(CO)NCCC(=O)c1ccc(Cl)cc1.Cl. The van der Waals surface area contributed by atoms with E-state index in [0.29, 0.717) is 10.6 Å². The number of halogens is 2. The van der Waals surface area contributed by atoms with Crippen molar-refractivity contribution < 1.29 is 19.4 Å². The first-order chi connectivity index (χ1) is 9.58. The predicted molar refractivity (Wildman–Crippen MR) is 83.2 cm³/mol. The number of hydrogen-bond acceptors (Lipinski definition) is 5. The van der Waals surface area contributed by atoms with Crippen LogP contribution in [-0.2, 0) is 9.53 Å². The Morgan fingerprint density at radius 2 is 1.95 bits per heavy atom. The first-order valence-electron chi connectivity index (χ1n) is 6.38. The Bertz CT molecular complexity index is 451. The van der Waals surface area contributed by atoms with Gasteiger partial charge >= 0.3 is 5.97 Å². The summed E-state index contributed by atoms with van der Waals surface area (Å²) in [7, 11) is 0. The first-order valence-corrected chi connectivity index (χ1v) is 6.76. The lowest BCUT2D eigenvalue weighted by Gasteiger charge is -2.14. The van der Waals surface area contributed by atoms with Crippen molar-refractivity contribution in [3.8, 4) is 0 Å². The van der Waals surface area contributed by atoms with Gasteiger partial charge in [0.15, 0.2) is 5.78 Å². The zero-order valence-corrected chi connectivity index (χ0v) is 13.2. The Hall–Kier alpha value is -1.14. The molecule has 7 heteroatoms. The summed E-state index contributed by atoms with van der Waals surface area (Å²) in [6.07, 6.45) is 0.220. The molecule has 1 unspecified atom stereocenters. The molecule has 1 aromatic carbocycles. The summed E-state index contributed by atoms with van der Waals surface area (Å²) in [6, 6.07) is 5.81. The topological polar surface area (TPSA) is 75.6 Å². The Labute approximate surface area is 135 Å². The zero-order chi connectivity index (χ0) is 15.0. The van der Waals surface area contributed by atoms with E-state index in [1.807, 2.05) is 0 Å². The number of esters is 1. The molecule has 5 nitrogen and oxygen atoms in total. The number of ether oxygens (including phenoxy) is 1. The van der Waals surface area contributed by atoms with Crippen molar-refractivity contribution >= 4 is 35.8 Å². The van der Waals surface area contributed by atoms with Crippen LogP contribution in [0.1, 0.15) is 23.7 Å². The highest BCUT2D eigenvalue weighted by atomic mass is 35.5. The van der Waals surface area contributed by atoms with E-state index in [1.54, 1.807) is 31.2 Å². The number of ketones is 1. The second kappa shape index (κ2) is 10.6. The lowest BCUT2D eigenvalue weighted by Crippen LogP contribution is -2.41. The summed E-state index contributed by atoms with van der Waals surface area (Å²) in [5, 5.41) is 12.4. The van der Waals surface area contributed by atoms with Gasteiger partial charge in [-0.1, -0.05) is 11.6 Å². The van der Waals surface area contributed by atoms with E-state index in [0.717, 1.165) is 0 Å². The lowest BCUT2D eigenvalue weighted by atomic mass is 10.1. The van der Waals surface area contributed by atoms with Gasteiger partial charge in [0.1, 0.15) is 6.04 Å². The third-order valence-corrected chi connectivity index (χ3v) is 2.91. The molecule has 0 spiro atoms. The number of benzene rings is 1. The van der Waals surface area contributed by atoms with Gasteiger partial charge in [-0.25, -0.2) is 0 Å². The number of nitrogens with one attached hydrogen (secondary N) is 1. The van der Waals surface area contributed by atoms with Gasteiger partial charge in [0.05, 0.1) is 13.2 Å². The molecular formula is C14H19Cl2NO4. The van der Waals surface area contributed by atoms with Crippen LogP contribution >= 0.6 is 24.0 Å². The van der Waals surface area contributed by atoms with Crippen molar-refractivity contribution in [3.05, 3.63) is 34.9 Å². The molecular weight excluding hydrogens is 317 g/mol. The highest BCUT2D eigenvalue weighted by Gasteiger charge is 2.18. The third kappa shape index (κ3) is 6.91. The van der Waals surface area contributed by atoms with Crippen molar-refractivity contribution in [2.75, 3.05) is 19.8 Å². The second-order valence-corrected chi connectivity index (χ2v) is 4.56. The van der Waals surface area contributed by atoms with Crippen LogP contribution in [0, 0.1) is 0 Å². The normalized spacial score (nSPS) is 11.4. The summed E-state index contributed by atoms with van der Waals surface area (Å²) >= 11 is 5.74. The van der Waals surface area contributed by atoms with Gasteiger partial charge in [-0.2, -0.15) is 0 Å². The maximum Gasteiger partial charge on any atom is 0.325 e. The number of carbonyl (C=O) groups is 2. The Morgan fingerprint density at radius 1 is 1.33 bits per heavy atom. The van der Waals surface area contributed by atoms with Gasteiger partial charge in [0, 0.05) is 23.6 Å². The van der Waals surface area contributed by atoms with Gasteiger partial charge in [0.25, 0.3) is 0 Å². The van der Waals surface area contributed by atoms with E-state index in [2.05, 4.69) is 5.32 Å².